The van der Waals surface area contributed by atoms with E-state index in [0.717, 1.165) is 24.2 Å². The number of hydrogen-bond acceptors (Lipinski definition) is 8. The average Bonchev–Trinajstić information content (AvgIpc) is 3.04. The Kier molecular flexibility index (Phi) is 5.98. The van der Waals surface area contributed by atoms with Crippen LogP contribution in [-0.2, 0) is 14.2 Å². The Hall–Kier alpha value is -2.75. The second-order valence-corrected chi connectivity index (χ2v) is 9.14. The van der Waals surface area contributed by atoms with Crippen molar-refractivity contribution in [3.63, 3.8) is 0 Å². The number of amides is 2. The first-order chi connectivity index (χ1) is 14.0. The van der Waals surface area contributed by atoms with E-state index < -0.39 is 23.4 Å². The van der Waals surface area contributed by atoms with Crippen molar-refractivity contribution < 1.29 is 23.8 Å². The molecule has 2 amide bonds. The zero-order valence-electron chi connectivity index (χ0n) is 18.3. The topological polar surface area (TPSA) is 109 Å². The van der Waals surface area contributed by atoms with E-state index in [1.54, 1.807) is 52.4 Å². The number of aromatic nitrogens is 4. The van der Waals surface area contributed by atoms with Crippen LogP contribution in [0.4, 0.5) is 15.4 Å². The SMILES string of the molecule is CC(C)(C)OC(=O)N(C(=O)OC(C)(C)C)c1ncnc2c1ncn2C1CCCCO1. The molecule has 164 valence electrons. The van der Waals surface area contributed by atoms with Crippen molar-refractivity contribution in [3.8, 4) is 0 Å². The van der Waals surface area contributed by atoms with E-state index in [0.29, 0.717) is 12.3 Å². The minimum absolute atomic E-state index is 0.00180. The second-order valence-electron chi connectivity index (χ2n) is 9.14. The van der Waals surface area contributed by atoms with Crippen molar-refractivity contribution in [1.82, 2.24) is 19.5 Å². The van der Waals surface area contributed by atoms with Crippen LogP contribution in [0, 0.1) is 0 Å². The average molecular weight is 419 g/mol. The maximum absolute atomic E-state index is 12.9. The Morgan fingerprint density at radius 2 is 1.67 bits per heavy atom. The van der Waals surface area contributed by atoms with E-state index in [2.05, 4.69) is 15.0 Å². The lowest BCUT2D eigenvalue weighted by atomic mass is 10.2. The molecule has 10 nitrogen and oxygen atoms in total. The molecule has 0 spiro atoms. The first-order valence-corrected chi connectivity index (χ1v) is 10.0. The lowest BCUT2D eigenvalue weighted by molar-refractivity contribution is -0.0298. The Morgan fingerprint density at radius 3 is 2.20 bits per heavy atom. The third-order valence-electron chi connectivity index (χ3n) is 4.17. The Morgan fingerprint density at radius 1 is 1.03 bits per heavy atom. The predicted octanol–water partition coefficient (Wildman–Crippen LogP) is 4.20. The van der Waals surface area contributed by atoms with Gasteiger partial charge in [-0.05, 0) is 60.8 Å². The zero-order valence-corrected chi connectivity index (χ0v) is 18.3. The van der Waals surface area contributed by atoms with Gasteiger partial charge in [-0.25, -0.2) is 24.5 Å². The number of ether oxygens (including phenoxy) is 3. The molecule has 1 aliphatic heterocycles. The molecule has 10 heteroatoms. The van der Waals surface area contributed by atoms with Crippen molar-refractivity contribution in [2.45, 2.75) is 78.2 Å². The fourth-order valence-electron chi connectivity index (χ4n) is 3.02. The number of hydrogen-bond donors (Lipinski definition) is 0. The Labute approximate surface area is 175 Å². The van der Waals surface area contributed by atoms with E-state index in [-0.39, 0.29) is 17.6 Å². The van der Waals surface area contributed by atoms with Gasteiger partial charge >= 0.3 is 12.2 Å². The molecule has 3 heterocycles. The number of carbonyl (C=O) groups excluding carboxylic acids is 2. The van der Waals surface area contributed by atoms with Crippen LogP contribution in [0.25, 0.3) is 11.2 Å². The highest BCUT2D eigenvalue weighted by Gasteiger charge is 2.36. The van der Waals surface area contributed by atoms with Crippen LogP contribution in [0.15, 0.2) is 12.7 Å². The van der Waals surface area contributed by atoms with Gasteiger partial charge in [0.2, 0.25) is 0 Å². The molecule has 2 aromatic heterocycles. The summed E-state index contributed by atoms with van der Waals surface area (Å²) in [6, 6.07) is 0. The Bertz CT molecular complexity index is 894. The summed E-state index contributed by atoms with van der Waals surface area (Å²) >= 11 is 0. The monoisotopic (exact) mass is 419 g/mol. The van der Waals surface area contributed by atoms with Gasteiger partial charge in [0.15, 0.2) is 17.0 Å². The predicted molar refractivity (Wildman–Crippen MR) is 109 cm³/mol. The normalized spacial score (nSPS) is 17.6. The van der Waals surface area contributed by atoms with Crippen LogP contribution in [-0.4, -0.2) is 49.5 Å². The van der Waals surface area contributed by atoms with Crippen LogP contribution in [0.5, 0.6) is 0 Å². The van der Waals surface area contributed by atoms with Gasteiger partial charge < -0.3 is 14.2 Å². The molecule has 0 aliphatic carbocycles. The molecule has 0 N–H and O–H groups in total. The lowest BCUT2D eigenvalue weighted by Crippen LogP contribution is -2.44. The fourth-order valence-corrected chi connectivity index (χ4v) is 3.02. The summed E-state index contributed by atoms with van der Waals surface area (Å²) in [6.45, 7) is 10.9. The highest BCUT2D eigenvalue weighted by atomic mass is 16.6. The summed E-state index contributed by atoms with van der Waals surface area (Å²) in [5, 5.41) is 0. The van der Waals surface area contributed by atoms with E-state index in [1.165, 1.54) is 6.33 Å². The molecule has 0 bridgehead atoms. The number of imidazole rings is 1. The van der Waals surface area contributed by atoms with Gasteiger partial charge in [0.25, 0.3) is 0 Å². The van der Waals surface area contributed by atoms with Crippen LogP contribution in [0.2, 0.25) is 0 Å². The molecule has 0 radical (unpaired) electrons. The number of carbonyl (C=O) groups is 2. The molecule has 1 unspecified atom stereocenters. The van der Waals surface area contributed by atoms with E-state index in [4.69, 9.17) is 14.2 Å². The maximum atomic E-state index is 12.9. The second kappa shape index (κ2) is 8.17. The Balaban J connectivity index is 2.05. The third kappa shape index (κ3) is 5.05. The molecule has 0 aromatic carbocycles. The summed E-state index contributed by atoms with van der Waals surface area (Å²) in [4.78, 5) is 39.5. The highest BCUT2D eigenvalue weighted by Crippen LogP contribution is 2.30. The molecular formula is C20H29N5O5. The van der Waals surface area contributed by atoms with Crippen molar-refractivity contribution in [3.05, 3.63) is 12.7 Å². The number of imide groups is 1. The van der Waals surface area contributed by atoms with Gasteiger partial charge in [-0.1, -0.05) is 0 Å². The lowest BCUT2D eigenvalue weighted by Gasteiger charge is -2.28. The van der Waals surface area contributed by atoms with Gasteiger partial charge in [0, 0.05) is 6.61 Å². The quantitative estimate of drug-likeness (QED) is 0.712. The number of rotatable bonds is 2. The first kappa shape index (κ1) is 21.9. The summed E-state index contributed by atoms with van der Waals surface area (Å²) in [6.07, 6.45) is 3.72. The molecule has 1 aliphatic rings. The minimum atomic E-state index is -0.903. The number of nitrogens with zero attached hydrogens (tertiary/aromatic N) is 5. The molecule has 1 atom stereocenters. The van der Waals surface area contributed by atoms with Crippen molar-refractivity contribution >= 4 is 29.2 Å². The zero-order chi connectivity index (χ0) is 22.1. The summed E-state index contributed by atoms with van der Waals surface area (Å²) in [5.74, 6) is -0.00180. The molecule has 2 aromatic rings. The van der Waals surface area contributed by atoms with E-state index in [1.807, 2.05) is 0 Å². The minimum Gasteiger partial charge on any atom is -0.443 e. The van der Waals surface area contributed by atoms with Gasteiger partial charge in [-0.3, -0.25) is 4.57 Å². The summed E-state index contributed by atoms with van der Waals surface area (Å²) < 4.78 is 18.5. The van der Waals surface area contributed by atoms with Crippen molar-refractivity contribution in [1.29, 1.82) is 0 Å². The van der Waals surface area contributed by atoms with Crippen LogP contribution in [0.3, 0.4) is 0 Å². The van der Waals surface area contributed by atoms with Crippen molar-refractivity contribution in [2.24, 2.45) is 0 Å². The maximum Gasteiger partial charge on any atom is 0.425 e. The molecular weight excluding hydrogens is 390 g/mol. The van der Waals surface area contributed by atoms with Gasteiger partial charge in [0.05, 0.1) is 6.33 Å². The first-order valence-electron chi connectivity index (χ1n) is 10.0. The summed E-state index contributed by atoms with van der Waals surface area (Å²) in [5.41, 5.74) is -0.898. The number of anilines is 1. The van der Waals surface area contributed by atoms with Crippen LogP contribution < -0.4 is 4.90 Å². The van der Waals surface area contributed by atoms with Crippen LogP contribution in [0.1, 0.15) is 67.0 Å². The van der Waals surface area contributed by atoms with Gasteiger partial charge in [-0.2, -0.15) is 4.90 Å². The van der Waals surface area contributed by atoms with Crippen LogP contribution >= 0.6 is 0 Å². The third-order valence-corrected chi connectivity index (χ3v) is 4.17. The molecule has 1 saturated heterocycles. The van der Waals surface area contributed by atoms with Crippen molar-refractivity contribution in [2.75, 3.05) is 11.5 Å². The largest absolute Gasteiger partial charge is 0.443 e. The van der Waals surface area contributed by atoms with Gasteiger partial charge in [-0.15, -0.1) is 0 Å². The number of fused-ring (bicyclic) bond motifs is 1. The smallest absolute Gasteiger partial charge is 0.425 e. The molecule has 1 fully saturated rings. The van der Waals surface area contributed by atoms with E-state index in [9.17, 15) is 9.59 Å². The van der Waals surface area contributed by atoms with Gasteiger partial charge in [0.1, 0.15) is 23.8 Å². The standard InChI is InChI=1S/C20H29N5O5/c1-19(2,3)29-17(26)25(18(27)30-20(4,5)6)16-14-15(21-11-22-16)24(12-23-14)13-9-7-8-10-28-13/h11-13H,7-10H2,1-6H3. The molecule has 3 rings (SSSR count). The summed E-state index contributed by atoms with van der Waals surface area (Å²) in [7, 11) is 0. The fraction of sp³-hybridized carbons (Fsp3) is 0.650. The highest BCUT2D eigenvalue weighted by molar-refractivity contribution is 6.12. The molecule has 30 heavy (non-hydrogen) atoms. The molecule has 0 saturated carbocycles. The van der Waals surface area contributed by atoms with E-state index >= 15 is 0 Å².